The van der Waals surface area contributed by atoms with Crippen molar-refractivity contribution in [2.75, 3.05) is 6.61 Å². The van der Waals surface area contributed by atoms with Crippen LogP contribution in [0.15, 0.2) is 24.3 Å². The fourth-order valence-corrected chi connectivity index (χ4v) is 1.34. The molecule has 0 aliphatic heterocycles. The molecule has 0 saturated carbocycles. The van der Waals surface area contributed by atoms with Crippen LogP contribution in [0.5, 0.6) is 0 Å². The molecule has 14 heavy (non-hydrogen) atoms. The Hall–Kier alpha value is -1.39. The lowest BCUT2D eigenvalue weighted by Gasteiger charge is -2.24. The zero-order chi connectivity index (χ0) is 10.8. The van der Waals surface area contributed by atoms with Gasteiger partial charge >= 0.3 is 5.97 Å². The molecule has 0 bridgehead atoms. The maximum absolute atomic E-state index is 10.9. The van der Waals surface area contributed by atoms with E-state index in [1.54, 1.807) is 31.2 Å². The van der Waals surface area contributed by atoms with Crippen molar-refractivity contribution in [2.24, 2.45) is 5.73 Å². The number of carbonyl (C=O) groups is 1. The van der Waals surface area contributed by atoms with Crippen LogP contribution < -0.4 is 5.73 Å². The molecule has 1 rings (SSSR count). The lowest BCUT2D eigenvalue weighted by molar-refractivity contribution is -0.145. The lowest BCUT2D eigenvalue weighted by Crippen LogP contribution is -2.48. The molecule has 0 aliphatic carbocycles. The summed E-state index contributed by atoms with van der Waals surface area (Å²) in [6.07, 6.45) is 0. The summed E-state index contributed by atoms with van der Waals surface area (Å²) < 4.78 is 0. The van der Waals surface area contributed by atoms with Crippen molar-refractivity contribution >= 4 is 5.97 Å². The standard InChI is InChI=1S/C10H13NO3/c1-7-4-2-3-5-8(7)10(11,6-12)9(13)14/h2-5,12H,6,11H2,1H3,(H,13,14). The van der Waals surface area contributed by atoms with E-state index in [0.717, 1.165) is 5.56 Å². The molecule has 76 valence electrons. The number of rotatable bonds is 3. The minimum atomic E-state index is -1.70. The van der Waals surface area contributed by atoms with Gasteiger partial charge in [0, 0.05) is 0 Å². The largest absolute Gasteiger partial charge is 0.480 e. The normalized spacial score (nSPS) is 14.8. The predicted molar refractivity (Wildman–Crippen MR) is 51.8 cm³/mol. The van der Waals surface area contributed by atoms with Crippen LogP contribution >= 0.6 is 0 Å². The van der Waals surface area contributed by atoms with Gasteiger partial charge in [0.2, 0.25) is 0 Å². The van der Waals surface area contributed by atoms with Gasteiger partial charge in [0.05, 0.1) is 6.61 Å². The van der Waals surface area contributed by atoms with Gasteiger partial charge in [-0.25, -0.2) is 4.79 Å². The molecule has 1 unspecified atom stereocenters. The van der Waals surface area contributed by atoms with Gasteiger partial charge in [0.1, 0.15) is 0 Å². The van der Waals surface area contributed by atoms with Crippen molar-refractivity contribution in [3.05, 3.63) is 35.4 Å². The topological polar surface area (TPSA) is 83.5 Å². The highest BCUT2D eigenvalue weighted by Crippen LogP contribution is 2.21. The van der Waals surface area contributed by atoms with Crippen LogP contribution in [0.25, 0.3) is 0 Å². The van der Waals surface area contributed by atoms with E-state index in [1.807, 2.05) is 0 Å². The van der Waals surface area contributed by atoms with Crippen LogP contribution in [0.1, 0.15) is 11.1 Å². The minimum absolute atomic E-state index is 0.440. The van der Waals surface area contributed by atoms with Gasteiger partial charge < -0.3 is 15.9 Å². The van der Waals surface area contributed by atoms with E-state index in [4.69, 9.17) is 15.9 Å². The average molecular weight is 195 g/mol. The summed E-state index contributed by atoms with van der Waals surface area (Å²) >= 11 is 0. The molecule has 4 heteroatoms. The third-order valence-corrected chi connectivity index (χ3v) is 2.26. The van der Waals surface area contributed by atoms with Crippen LogP contribution in [0.4, 0.5) is 0 Å². The van der Waals surface area contributed by atoms with E-state index in [-0.39, 0.29) is 0 Å². The third kappa shape index (κ3) is 1.62. The summed E-state index contributed by atoms with van der Waals surface area (Å²) in [6.45, 7) is 1.14. The molecule has 0 aromatic heterocycles. The van der Waals surface area contributed by atoms with Crippen LogP contribution in [0.3, 0.4) is 0 Å². The van der Waals surface area contributed by atoms with Crippen molar-refractivity contribution in [3.8, 4) is 0 Å². The summed E-state index contributed by atoms with van der Waals surface area (Å²) in [5.74, 6) is -1.23. The number of aliphatic hydroxyl groups is 1. The van der Waals surface area contributed by atoms with Gasteiger partial charge in [-0.1, -0.05) is 24.3 Å². The van der Waals surface area contributed by atoms with E-state index in [1.165, 1.54) is 0 Å². The summed E-state index contributed by atoms with van der Waals surface area (Å²) in [6, 6.07) is 6.86. The monoisotopic (exact) mass is 195 g/mol. The smallest absolute Gasteiger partial charge is 0.330 e. The summed E-state index contributed by atoms with van der Waals surface area (Å²) in [7, 11) is 0. The van der Waals surface area contributed by atoms with Crippen molar-refractivity contribution in [2.45, 2.75) is 12.5 Å². The van der Waals surface area contributed by atoms with Crippen LogP contribution in [0.2, 0.25) is 0 Å². The summed E-state index contributed by atoms with van der Waals surface area (Å²) in [4.78, 5) is 10.9. The van der Waals surface area contributed by atoms with Crippen LogP contribution in [-0.2, 0) is 10.3 Å². The number of carboxylic acids is 1. The fourth-order valence-electron chi connectivity index (χ4n) is 1.34. The molecular weight excluding hydrogens is 182 g/mol. The first-order chi connectivity index (χ1) is 6.52. The number of hydrogen-bond donors (Lipinski definition) is 3. The Bertz CT molecular complexity index is 351. The molecule has 1 aromatic rings. The van der Waals surface area contributed by atoms with Gasteiger partial charge in [0.15, 0.2) is 5.54 Å². The molecule has 0 amide bonds. The Morgan fingerprint density at radius 3 is 2.50 bits per heavy atom. The highest BCUT2D eigenvalue weighted by molar-refractivity contribution is 5.81. The number of hydrogen-bond acceptors (Lipinski definition) is 3. The molecular formula is C10H13NO3. The Morgan fingerprint density at radius 1 is 1.50 bits per heavy atom. The van der Waals surface area contributed by atoms with Gasteiger partial charge in [-0.2, -0.15) is 0 Å². The van der Waals surface area contributed by atoms with E-state index in [9.17, 15) is 4.79 Å². The molecule has 0 saturated heterocycles. The number of aliphatic hydroxyl groups excluding tert-OH is 1. The van der Waals surface area contributed by atoms with Crippen molar-refractivity contribution in [1.82, 2.24) is 0 Å². The number of nitrogens with two attached hydrogens (primary N) is 1. The van der Waals surface area contributed by atoms with Crippen LogP contribution in [-0.4, -0.2) is 22.8 Å². The molecule has 1 aromatic carbocycles. The molecule has 0 spiro atoms. The molecule has 1 atom stereocenters. The third-order valence-electron chi connectivity index (χ3n) is 2.26. The van der Waals surface area contributed by atoms with E-state index in [2.05, 4.69) is 0 Å². The van der Waals surface area contributed by atoms with Gasteiger partial charge in [-0.05, 0) is 18.1 Å². The first kappa shape index (κ1) is 10.7. The summed E-state index contributed by atoms with van der Waals surface area (Å²) in [5, 5.41) is 18.0. The predicted octanol–water partition coefficient (Wildman–Crippen LogP) is 0.226. The van der Waals surface area contributed by atoms with Crippen LogP contribution in [0, 0.1) is 6.92 Å². The van der Waals surface area contributed by atoms with Gasteiger partial charge in [-0.15, -0.1) is 0 Å². The fraction of sp³-hybridized carbons (Fsp3) is 0.300. The second-order valence-corrected chi connectivity index (χ2v) is 3.25. The molecule has 4 nitrogen and oxygen atoms in total. The number of benzene rings is 1. The minimum Gasteiger partial charge on any atom is -0.480 e. The zero-order valence-corrected chi connectivity index (χ0v) is 7.90. The lowest BCUT2D eigenvalue weighted by atomic mass is 9.88. The second-order valence-electron chi connectivity index (χ2n) is 3.25. The van der Waals surface area contributed by atoms with Crippen molar-refractivity contribution in [1.29, 1.82) is 0 Å². The Labute approximate surface area is 82.0 Å². The van der Waals surface area contributed by atoms with E-state index < -0.39 is 18.1 Å². The summed E-state index contributed by atoms with van der Waals surface area (Å²) in [5.41, 5.74) is 5.11. The molecule has 0 fully saturated rings. The molecule has 4 N–H and O–H groups in total. The van der Waals surface area contributed by atoms with Crippen molar-refractivity contribution in [3.63, 3.8) is 0 Å². The molecule has 0 radical (unpaired) electrons. The Kier molecular flexibility index (Phi) is 2.88. The number of aliphatic carboxylic acids is 1. The van der Waals surface area contributed by atoms with Crippen molar-refractivity contribution < 1.29 is 15.0 Å². The highest BCUT2D eigenvalue weighted by Gasteiger charge is 2.36. The molecule has 0 heterocycles. The van der Waals surface area contributed by atoms with E-state index >= 15 is 0 Å². The first-order valence-corrected chi connectivity index (χ1v) is 4.21. The Balaban J connectivity index is 3.26. The average Bonchev–Trinajstić information content (AvgIpc) is 2.17. The first-order valence-electron chi connectivity index (χ1n) is 4.21. The maximum atomic E-state index is 10.9. The van der Waals surface area contributed by atoms with E-state index in [0.29, 0.717) is 5.56 Å². The highest BCUT2D eigenvalue weighted by atomic mass is 16.4. The second kappa shape index (κ2) is 3.77. The quantitative estimate of drug-likeness (QED) is 0.644. The van der Waals surface area contributed by atoms with Gasteiger partial charge in [0.25, 0.3) is 0 Å². The Morgan fingerprint density at radius 2 is 2.07 bits per heavy atom. The van der Waals surface area contributed by atoms with Gasteiger partial charge in [-0.3, -0.25) is 0 Å². The number of carboxylic acid groups (broad SMARTS) is 1. The zero-order valence-electron chi connectivity index (χ0n) is 7.90. The molecule has 0 aliphatic rings. The SMILES string of the molecule is Cc1ccccc1C(N)(CO)C(=O)O. The maximum Gasteiger partial charge on any atom is 0.330 e. The number of aryl methyl sites for hydroxylation is 1.